The van der Waals surface area contributed by atoms with E-state index in [2.05, 4.69) is 10.3 Å². The molecule has 0 radical (unpaired) electrons. The first-order chi connectivity index (χ1) is 12.9. The average Bonchev–Trinajstić information content (AvgIpc) is 3.02. The fourth-order valence-corrected chi connectivity index (χ4v) is 3.52. The third-order valence-corrected chi connectivity index (χ3v) is 4.83. The first-order valence-electron chi connectivity index (χ1n) is 8.14. The molecule has 0 aliphatic carbocycles. The number of hydrogen-bond acceptors (Lipinski definition) is 6. The van der Waals surface area contributed by atoms with Crippen molar-refractivity contribution in [3.8, 4) is 5.75 Å². The smallest absolute Gasteiger partial charge is 0.338 e. The second-order valence-electron chi connectivity index (χ2n) is 5.96. The molecular weight excluding hydrogens is 388 g/mol. The zero-order chi connectivity index (χ0) is 19.6. The summed E-state index contributed by atoms with van der Waals surface area (Å²) < 4.78 is 11.1. The summed E-state index contributed by atoms with van der Waals surface area (Å²) in [5.41, 5.74) is 1.52. The lowest BCUT2D eigenvalue weighted by Gasteiger charge is -2.07. The lowest BCUT2D eigenvalue weighted by molar-refractivity contribution is 0.0378. The van der Waals surface area contributed by atoms with E-state index in [0.717, 1.165) is 4.70 Å². The van der Waals surface area contributed by atoms with E-state index in [-0.39, 0.29) is 12.0 Å². The van der Waals surface area contributed by atoms with Gasteiger partial charge >= 0.3 is 5.97 Å². The zero-order valence-electron chi connectivity index (χ0n) is 14.9. The molecule has 140 valence electrons. The van der Waals surface area contributed by atoms with Crippen LogP contribution in [0.2, 0.25) is 5.02 Å². The maximum absolute atomic E-state index is 12.4. The minimum absolute atomic E-state index is 0.194. The Morgan fingerprint density at radius 2 is 1.89 bits per heavy atom. The summed E-state index contributed by atoms with van der Waals surface area (Å²) in [5, 5.41) is 3.52. The fourth-order valence-electron chi connectivity index (χ4n) is 2.36. The maximum atomic E-state index is 12.4. The van der Waals surface area contributed by atoms with Crippen LogP contribution in [-0.4, -0.2) is 30.1 Å². The molecule has 1 aromatic heterocycles. The summed E-state index contributed by atoms with van der Waals surface area (Å²) in [6.07, 6.45) is -0.194. The van der Waals surface area contributed by atoms with Gasteiger partial charge in [0.15, 0.2) is 5.13 Å². The minimum Gasteiger partial charge on any atom is -0.495 e. The predicted molar refractivity (Wildman–Crippen MR) is 106 cm³/mol. The van der Waals surface area contributed by atoms with Crippen LogP contribution in [0.15, 0.2) is 36.4 Å². The molecule has 0 spiro atoms. The van der Waals surface area contributed by atoms with Crippen molar-refractivity contribution in [1.82, 2.24) is 4.98 Å². The second kappa shape index (κ2) is 7.94. The number of anilines is 1. The number of nitrogens with zero attached hydrogens (tertiary/aromatic N) is 1. The number of aromatic nitrogens is 1. The molecule has 8 heteroatoms. The largest absolute Gasteiger partial charge is 0.495 e. The van der Waals surface area contributed by atoms with Gasteiger partial charge in [-0.3, -0.25) is 10.1 Å². The highest BCUT2D eigenvalue weighted by molar-refractivity contribution is 7.22. The number of hydrogen-bond donors (Lipinski definition) is 1. The monoisotopic (exact) mass is 404 g/mol. The van der Waals surface area contributed by atoms with Gasteiger partial charge in [-0.2, -0.15) is 0 Å². The van der Waals surface area contributed by atoms with E-state index in [1.807, 2.05) is 0 Å². The van der Waals surface area contributed by atoms with Gasteiger partial charge in [-0.05, 0) is 50.2 Å². The number of thiazole rings is 1. The Balaban J connectivity index is 1.80. The van der Waals surface area contributed by atoms with Gasteiger partial charge in [0.2, 0.25) is 0 Å². The van der Waals surface area contributed by atoms with E-state index in [1.165, 1.54) is 24.5 Å². The number of halogens is 1. The highest BCUT2D eigenvalue weighted by Gasteiger charge is 2.14. The number of amides is 1. The van der Waals surface area contributed by atoms with Crippen LogP contribution >= 0.6 is 22.9 Å². The molecular formula is C19H17ClN2O4S. The van der Waals surface area contributed by atoms with Crippen molar-refractivity contribution >= 4 is 50.2 Å². The molecule has 6 nitrogen and oxygen atoms in total. The van der Waals surface area contributed by atoms with Crippen molar-refractivity contribution in [1.29, 1.82) is 0 Å². The summed E-state index contributed by atoms with van der Waals surface area (Å²) in [4.78, 5) is 28.8. The van der Waals surface area contributed by atoms with Gasteiger partial charge in [-0.25, -0.2) is 9.78 Å². The van der Waals surface area contributed by atoms with E-state index < -0.39 is 5.97 Å². The van der Waals surface area contributed by atoms with E-state index in [4.69, 9.17) is 21.1 Å². The van der Waals surface area contributed by atoms with Gasteiger partial charge in [0.05, 0.1) is 34.0 Å². The lowest BCUT2D eigenvalue weighted by atomic mass is 10.2. The van der Waals surface area contributed by atoms with Crippen LogP contribution in [0.1, 0.15) is 34.6 Å². The Labute approximate surface area is 165 Å². The van der Waals surface area contributed by atoms with Gasteiger partial charge in [-0.1, -0.05) is 22.9 Å². The second-order valence-corrected chi connectivity index (χ2v) is 7.40. The van der Waals surface area contributed by atoms with E-state index >= 15 is 0 Å². The van der Waals surface area contributed by atoms with Gasteiger partial charge < -0.3 is 9.47 Å². The SMILES string of the molecule is COc1ccc(C(=O)Nc2nc3ccc(C(=O)OC(C)C)cc3s2)cc1Cl. The van der Waals surface area contributed by atoms with Crippen molar-refractivity contribution in [2.45, 2.75) is 20.0 Å². The number of rotatable bonds is 5. The Kier molecular flexibility index (Phi) is 5.62. The number of methoxy groups -OCH3 is 1. The van der Waals surface area contributed by atoms with Crippen molar-refractivity contribution in [3.05, 3.63) is 52.5 Å². The van der Waals surface area contributed by atoms with Crippen molar-refractivity contribution in [2.75, 3.05) is 12.4 Å². The summed E-state index contributed by atoms with van der Waals surface area (Å²) in [7, 11) is 1.51. The number of nitrogens with one attached hydrogen (secondary N) is 1. The topological polar surface area (TPSA) is 77.5 Å². The quantitative estimate of drug-likeness (QED) is 0.619. The molecule has 0 atom stereocenters. The first-order valence-corrected chi connectivity index (χ1v) is 9.33. The Bertz CT molecular complexity index is 1020. The minimum atomic E-state index is -0.390. The van der Waals surface area contributed by atoms with E-state index in [0.29, 0.717) is 32.5 Å². The van der Waals surface area contributed by atoms with Crippen LogP contribution in [0.3, 0.4) is 0 Å². The van der Waals surface area contributed by atoms with Crippen LogP contribution in [0, 0.1) is 0 Å². The number of carbonyl (C=O) groups excluding carboxylic acids is 2. The summed E-state index contributed by atoms with van der Waals surface area (Å²) in [6, 6.07) is 9.86. The zero-order valence-corrected chi connectivity index (χ0v) is 16.5. The van der Waals surface area contributed by atoms with Crippen LogP contribution in [0.4, 0.5) is 5.13 Å². The van der Waals surface area contributed by atoms with Crippen LogP contribution in [0.25, 0.3) is 10.2 Å². The summed E-state index contributed by atoms with van der Waals surface area (Å²) >= 11 is 7.34. The summed E-state index contributed by atoms with van der Waals surface area (Å²) in [6.45, 7) is 3.59. The fraction of sp³-hybridized carbons (Fsp3) is 0.211. The van der Waals surface area contributed by atoms with E-state index in [1.54, 1.807) is 44.2 Å². The maximum Gasteiger partial charge on any atom is 0.338 e. The summed E-state index contributed by atoms with van der Waals surface area (Å²) in [5.74, 6) is -0.231. The van der Waals surface area contributed by atoms with E-state index in [9.17, 15) is 9.59 Å². The molecule has 1 N–H and O–H groups in total. The van der Waals surface area contributed by atoms with Gasteiger partial charge in [0.25, 0.3) is 5.91 Å². The Hall–Kier alpha value is -2.64. The number of benzene rings is 2. The van der Waals surface area contributed by atoms with Crippen LogP contribution < -0.4 is 10.1 Å². The predicted octanol–water partition coefficient (Wildman–Crippen LogP) is 4.78. The molecule has 27 heavy (non-hydrogen) atoms. The van der Waals surface area contributed by atoms with Crippen molar-refractivity contribution < 1.29 is 19.1 Å². The molecule has 0 aliphatic heterocycles. The first kappa shape index (κ1) is 19.1. The normalized spacial score (nSPS) is 10.9. The van der Waals surface area contributed by atoms with Gasteiger partial charge in [0, 0.05) is 5.56 Å². The molecule has 0 saturated heterocycles. The van der Waals surface area contributed by atoms with Crippen molar-refractivity contribution in [3.63, 3.8) is 0 Å². The molecule has 1 heterocycles. The molecule has 0 fully saturated rings. The molecule has 3 aromatic rings. The number of carbonyl (C=O) groups is 2. The third kappa shape index (κ3) is 4.37. The molecule has 0 bridgehead atoms. The standard InChI is InChI=1S/C19H17ClN2O4S/c1-10(2)26-18(24)12-4-6-14-16(9-12)27-19(21-14)22-17(23)11-5-7-15(25-3)13(20)8-11/h4-10H,1-3H3,(H,21,22,23). The third-order valence-electron chi connectivity index (χ3n) is 3.60. The number of fused-ring (bicyclic) bond motifs is 1. The highest BCUT2D eigenvalue weighted by Crippen LogP contribution is 2.29. The van der Waals surface area contributed by atoms with Crippen LogP contribution in [-0.2, 0) is 4.74 Å². The van der Waals surface area contributed by atoms with Gasteiger partial charge in [0.1, 0.15) is 5.75 Å². The van der Waals surface area contributed by atoms with Crippen molar-refractivity contribution in [2.24, 2.45) is 0 Å². The molecule has 0 saturated carbocycles. The number of esters is 1. The average molecular weight is 405 g/mol. The Morgan fingerprint density at radius 3 is 2.56 bits per heavy atom. The molecule has 3 rings (SSSR count). The van der Waals surface area contributed by atoms with Crippen LogP contribution in [0.5, 0.6) is 5.75 Å². The molecule has 1 amide bonds. The molecule has 2 aromatic carbocycles. The van der Waals surface area contributed by atoms with Gasteiger partial charge in [-0.15, -0.1) is 0 Å². The molecule has 0 aliphatic rings. The number of ether oxygens (including phenoxy) is 2. The molecule has 0 unspecified atom stereocenters. The Morgan fingerprint density at radius 1 is 1.15 bits per heavy atom. The lowest BCUT2D eigenvalue weighted by Crippen LogP contribution is -2.11. The highest BCUT2D eigenvalue weighted by atomic mass is 35.5.